The largest absolute Gasteiger partial charge is 0.480 e. The van der Waals surface area contributed by atoms with E-state index in [0.29, 0.717) is 32.2 Å². The first kappa shape index (κ1) is 46.5. The number of hydrogen-bond acceptors (Lipinski definition) is 11. The van der Waals surface area contributed by atoms with Crippen LogP contribution < -0.4 is 38.1 Å². The van der Waals surface area contributed by atoms with Gasteiger partial charge in [0.25, 0.3) is 0 Å². The molecule has 1 heterocycles. The number of primary amides is 1. The minimum Gasteiger partial charge on any atom is -0.480 e. The summed E-state index contributed by atoms with van der Waals surface area (Å²) in [5.74, 6) is -6.22. The molecule has 308 valence electrons. The predicted octanol–water partition coefficient (Wildman–Crippen LogP) is -2.13. The van der Waals surface area contributed by atoms with Crippen molar-refractivity contribution in [3.63, 3.8) is 0 Å². The summed E-state index contributed by atoms with van der Waals surface area (Å²) in [7, 11) is 0. The van der Waals surface area contributed by atoms with Crippen LogP contribution in [-0.4, -0.2) is 130 Å². The van der Waals surface area contributed by atoms with Gasteiger partial charge >= 0.3 is 5.97 Å². The Morgan fingerprint density at radius 2 is 1.45 bits per heavy atom. The third kappa shape index (κ3) is 15.2. The van der Waals surface area contributed by atoms with Crippen molar-refractivity contribution in [1.82, 2.24) is 31.5 Å². The number of aliphatic hydroxyl groups excluding tert-OH is 2. The molecular formula is C37H60N8O10. The summed E-state index contributed by atoms with van der Waals surface area (Å²) in [6.45, 7) is 8.33. The van der Waals surface area contributed by atoms with Gasteiger partial charge in [-0.3, -0.25) is 33.7 Å². The molecule has 0 bridgehead atoms. The van der Waals surface area contributed by atoms with Gasteiger partial charge in [0, 0.05) is 12.6 Å². The summed E-state index contributed by atoms with van der Waals surface area (Å²) < 4.78 is 0. The van der Waals surface area contributed by atoms with Crippen LogP contribution in [0, 0.1) is 11.8 Å². The van der Waals surface area contributed by atoms with Crippen LogP contribution in [0.25, 0.3) is 0 Å². The summed E-state index contributed by atoms with van der Waals surface area (Å²) in [5.41, 5.74) is 12.1. The molecule has 0 saturated carbocycles. The van der Waals surface area contributed by atoms with Gasteiger partial charge in [-0.05, 0) is 56.6 Å². The van der Waals surface area contributed by atoms with E-state index >= 15 is 0 Å². The number of carbonyl (C=O) groups is 7. The molecule has 55 heavy (non-hydrogen) atoms. The average Bonchev–Trinajstić information content (AvgIpc) is 3.59. The van der Waals surface area contributed by atoms with E-state index in [2.05, 4.69) is 26.6 Å². The summed E-state index contributed by atoms with van der Waals surface area (Å²) in [6.07, 6.45) is 0.249. The van der Waals surface area contributed by atoms with Crippen molar-refractivity contribution in [2.24, 2.45) is 23.3 Å². The Bertz CT molecular complexity index is 1460. The van der Waals surface area contributed by atoms with Crippen molar-refractivity contribution in [3.8, 4) is 0 Å². The van der Waals surface area contributed by atoms with Crippen molar-refractivity contribution in [2.45, 2.75) is 122 Å². The number of nitrogens with zero attached hydrogens (tertiary/aromatic N) is 1. The Labute approximate surface area is 321 Å². The fourth-order valence-electron chi connectivity index (χ4n) is 6.26. The van der Waals surface area contributed by atoms with Crippen LogP contribution in [0.5, 0.6) is 0 Å². The summed E-state index contributed by atoms with van der Waals surface area (Å²) in [4.78, 5) is 92.3. The van der Waals surface area contributed by atoms with E-state index in [1.54, 1.807) is 6.92 Å². The summed E-state index contributed by atoms with van der Waals surface area (Å²) in [5, 5.41) is 41.5. The van der Waals surface area contributed by atoms with Crippen LogP contribution in [0.1, 0.15) is 72.3 Å². The molecule has 18 heteroatoms. The monoisotopic (exact) mass is 776 g/mol. The maximum atomic E-state index is 13.9. The van der Waals surface area contributed by atoms with E-state index in [4.69, 9.17) is 11.5 Å². The first-order valence-electron chi connectivity index (χ1n) is 18.7. The van der Waals surface area contributed by atoms with Gasteiger partial charge in [0.15, 0.2) is 0 Å². The number of nitrogens with one attached hydrogen (secondary N) is 5. The molecule has 0 aliphatic carbocycles. The molecule has 1 fully saturated rings. The van der Waals surface area contributed by atoms with Gasteiger partial charge in [0.1, 0.15) is 30.2 Å². The minimum absolute atomic E-state index is 0.0832. The molecule has 0 radical (unpaired) electrons. The van der Waals surface area contributed by atoms with Crippen LogP contribution in [0.4, 0.5) is 0 Å². The molecule has 0 aromatic heterocycles. The topological polar surface area (TPSA) is 296 Å². The number of carbonyl (C=O) groups excluding carboxylic acids is 6. The van der Waals surface area contributed by atoms with Gasteiger partial charge in [0.2, 0.25) is 35.4 Å². The number of nitrogens with two attached hydrogens (primary N) is 2. The molecule has 1 saturated heterocycles. The van der Waals surface area contributed by atoms with Crippen LogP contribution in [0.3, 0.4) is 0 Å². The van der Waals surface area contributed by atoms with Crippen molar-refractivity contribution in [3.05, 3.63) is 35.9 Å². The van der Waals surface area contributed by atoms with Crippen LogP contribution >= 0.6 is 0 Å². The molecular weight excluding hydrogens is 716 g/mol. The lowest BCUT2D eigenvalue weighted by Gasteiger charge is -2.32. The second-order valence-corrected chi connectivity index (χ2v) is 14.7. The maximum absolute atomic E-state index is 13.9. The van der Waals surface area contributed by atoms with Gasteiger partial charge in [-0.15, -0.1) is 0 Å². The lowest BCUT2D eigenvalue weighted by atomic mass is 9.97. The Morgan fingerprint density at radius 3 is 2.00 bits per heavy atom. The number of carboxylic acid groups (broad SMARTS) is 1. The Hall–Kier alpha value is -4.65. The number of benzene rings is 1. The molecule has 2 rings (SSSR count). The quantitative estimate of drug-likeness (QED) is 0.0571. The summed E-state index contributed by atoms with van der Waals surface area (Å²) in [6, 6.07) is 1.33. The van der Waals surface area contributed by atoms with E-state index < -0.39 is 103 Å². The molecule has 1 unspecified atom stereocenters. The first-order chi connectivity index (χ1) is 25.9. The van der Waals surface area contributed by atoms with Crippen LogP contribution in [0.2, 0.25) is 0 Å². The SMILES string of the molecule is CC[C@H](C)[C@H](NC(=O)[C@@H]1CCCN1CC(Cc1ccccc1)NC(=O)[C@H](CC(N)=O)NC(=O)[C@H](CC(C)C)NC(=O)[C@@H](N)[C@@H](C)O)C(=O)N[C@@H](CO)C(=O)O. The van der Waals surface area contributed by atoms with Gasteiger partial charge in [-0.1, -0.05) is 64.4 Å². The van der Waals surface area contributed by atoms with E-state index in [0.717, 1.165) is 5.56 Å². The highest BCUT2D eigenvalue weighted by molar-refractivity contribution is 5.95. The molecule has 1 aromatic rings. The average molecular weight is 777 g/mol. The number of hydrogen-bond donors (Lipinski definition) is 10. The zero-order chi connectivity index (χ0) is 41.4. The van der Waals surface area contributed by atoms with Crippen molar-refractivity contribution < 1.29 is 48.9 Å². The highest BCUT2D eigenvalue weighted by Gasteiger charge is 2.37. The molecule has 6 amide bonds. The highest BCUT2D eigenvalue weighted by Crippen LogP contribution is 2.20. The Kier molecular flexibility index (Phi) is 19.2. The fourth-order valence-corrected chi connectivity index (χ4v) is 6.26. The normalized spacial score (nSPS) is 18.7. The zero-order valence-corrected chi connectivity index (χ0v) is 32.3. The van der Waals surface area contributed by atoms with Gasteiger partial charge in [-0.25, -0.2) is 4.79 Å². The van der Waals surface area contributed by atoms with Crippen molar-refractivity contribution in [1.29, 1.82) is 0 Å². The molecule has 1 aromatic carbocycles. The molecule has 18 nitrogen and oxygen atoms in total. The number of carboxylic acids is 1. The van der Waals surface area contributed by atoms with Crippen molar-refractivity contribution in [2.75, 3.05) is 19.7 Å². The second-order valence-electron chi connectivity index (χ2n) is 14.7. The van der Waals surface area contributed by atoms with E-state index in [1.165, 1.54) is 6.92 Å². The van der Waals surface area contributed by atoms with Crippen molar-refractivity contribution >= 4 is 41.4 Å². The molecule has 1 aliphatic heterocycles. The predicted molar refractivity (Wildman–Crippen MR) is 201 cm³/mol. The van der Waals surface area contributed by atoms with Gasteiger partial charge < -0.3 is 53.4 Å². The van der Waals surface area contributed by atoms with E-state index in [-0.39, 0.29) is 24.8 Å². The number of rotatable bonds is 23. The second kappa shape index (κ2) is 22.7. The lowest BCUT2D eigenvalue weighted by Crippen LogP contribution is -2.60. The third-order valence-electron chi connectivity index (χ3n) is 9.58. The maximum Gasteiger partial charge on any atom is 0.328 e. The minimum atomic E-state index is -1.54. The van der Waals surface area contributed by atoms with E-state index in [1.807, 2.05) is 56.0 Å². The highest BCUT2D eigenvalue weighted by atomic mass is 16.4. The third-order valence-corrected chi connectivity index (χ3v) is 9.58. The zero-order valence-electron chi connectivity index (χ0n) is 32.3. The van der Waals surface area contributed by atoms with Crippen LogP contribution in [0.15, 0.2) is 30.3 Å². The first-order valence-corrected chi connectivity index (χ1v) is 18.7. The standard InChI is InChI=1S/C37H60N8O10/c1-6-21(4)31(36(53)43-27(19-46)37(54)55)44-34(51)28-13-10-14-45(28)18-24(16-23-11-8-7-9-12-23)40-32(49)26(17-29(38)48)41-33(50)25(15-20(2)3)42-35(52)30(39)22(5)47/h7-9,11-12,20-22,24-28,30-31,46-47H,6,10,13-19,39H2,1-5H3,(H2,38,48)(H,40,49)(H,41,50)(H,42,52)(H,43,53)(H,44,51)(H,54,55)/t21-,22+,24?,25-,26-,27-,28-,30-,31-/m0/s1. The summed E-state index contributed by atoms with van der Waals surface area (Å²) >= 11 is 0. The Morgan fingerprint density at radius 1 is 0.855 bits per heavy atom. The van der Waals surface area contributed by atoms with Gasteiger partial charge in [0.05, 0.1) is 25.2 Å². The number of amides is 6. The smallest absolute Gasteiger partial charge is 0.328 e. The number of aliphatic carboxylic acids is 1. The molecule has 1 aliphatic rings. The lowest BCUT2D eigenvalue weighted by molar-refractivity contribution is -0.143. The fraction of sp³-hybridized carbons (Fsp3) is 0.649. The molecule has 12 N–H and O–H groups in total. The molecule has 0 spiro atoms. The van der Waals surface area contributed by atoms with Crippen LogP contribution in [-0.2, 0) is 40.0 Å². The van der Waals surface area contributed by atoms with E-state index in [9.17, 15) is 48.9 Å². The number of likely N-dealkylation sites (tertiary alicyclic amines) is 1. The van der Waals surface area contributed by atoms with Gasteiger partial charge in [-0.2, -0.15) is 0 Å². The number of aliphatic hydroxyl groups is 2. The Balaban J connectivity index is 2.33. The molecule has 9 atom stereocenters.